The topological polar surface area (TPSA) is 69.7 Å². The highest BCUT2D eigenvalue weighted by Crippen LogP contribution is 2.35. The van der Waals surface area contributed by atoms with Crippen molar-refractivity contribution in [3.63, 3.8) is 0 Å². The fourth-order valence-electron chi connectivity index (χ4n) is 2.51. The smallest absolute Gasteiger partial charge is 0.422 e. The van der Waals surface area contributed by atoms with Crippen LogP contribution in [0, 0.1) is 0 Å². The van der Waals surface area contributed by atoms with Gasteiger partial charge in [0.25, 0.3) is 0 Å². The molecule has 0 bridgehead atoms. The first-order valence-corrected chi connectivity index (χ1v) is 9.09. The lowest BCUT2D eigenvalue weighted by molar-refractivity contribution is -0.154. The second-order valence-corrected chi connectivity index (χ2v) is 6.77. The average molecular weight is 461 g/mol. The molecule has 1 amide bonds. The molecule has 2 aromatic rings. The Balaban J connectivity index is 1.61. The molecule has 1 aliphatic heterocycles. The van der Waals surface area contributed by atoms with Gasteiger partial charge in [0, 0.05) is 22.8 Å². The first-order chi connectivity index (χ1) is 13.3. The number of ether oxygens (including phenoxy) is 3. The van der Waals surface area contributed by atoms with E-state index in [4.69, 9.17) is 14.2 Å². The number of amides is 1. The molecule has 0 atom stereocenters. The lowest BCUT2D eigenvalue weighted by atomic mass is 10.1. The van der Waals surface area contributed by atoms with Crippen LogP contribution in [0.3, 0.4) is 0 Å². The maximum absolute atomic E-state index is 12.3. The number of benzene rings is 1. The number of fused-ring (bicyclic) bond motifs is 1. The van der Waals surface area contributed by atoms with Crippen molar-refractivity contribution >= 4 is 21.8 Å². The summed E-state index contributed by atoms with van der Waals surface area (Å²) < 4.78 is 53.4. The van der Waals surface area contributed by atoms with Crippen LogP contribution in [0.2, 0.25) is 0 Å². The second kappa shape index (κ2) is 8.68. The number of alkyl halides is 3. The summed E-state index contributed by atoms with van der Waals surface area (Å²) in [6.45, 7) is -0.567. The third-order valence-corrected chi connectivity index (χ3v) is 4.50. The van der Waals surface area contributed by atoms with Crippen LogP contribution in [-0.4, -0.2) is 36.9 Å². The van der Waals surface area contributed by atoms with Gasteiger partial charge in [-0.3, -0.25) is 4.79 Å². The summed E-state index contributed by atoms with van der Waals surface area (Å²) in [5, 5.41) is 2.66. The number of hydrogen-bond acceptors (Lipinski definition) is 5. The molecule has 0 spiro atoms. The van der Waals surface area contributed by atoms with E-state index < -0.39 is 12.8 Å². The molecule has 28 heavy (non-hydrogen) atoms. The summed E-state index contributed by atoms with van der Waals surface area (Å²) in [7, 11) is 0. The maximum atomic E-state index is 12.3. The molecule has 0 saturated heterocycles. The summed E-state index contributed by atoms with van der Waals surface area (Å²) >= 11 is 3.40. The van der Waals surface area contributed by atoms with Gasteiger partial charge in [-0.1, -0.05) is 22.0 Å². The molecular weight excluding hydrogens is 445 g/mol. The van der Waals surface area contributed by atoms with Gasteiger partial charge in [0.15, 0.2) is 18.1 Å². The zero-order valence-electron chi connectivity index (χ0n) is 14.5. The van der Waals surface area contributed by atoms with E-state index in [-0.39, 0.29) is 24.8 Å². The second-order valence-electron chi connectivity index (χ2n) is 5.91. The van der Waals surface area contributed by atoms with Gasteiger partial charge in [0.2, 0.25) is 11.8 Å². The van der Waals surface area contributed by atoms with Gasteiger partial charge in [0.1, 0.15) is 13.2 Å². The van der Waals surface area contributed by atoms with E-state index in [0.29, 0.717) is 40.3 Å². The van der Waals surface area contributed by atoms with Gasteiger partial charge >= 0.3 is 6.18 Å². The van der Waals surface area contributed by atoms with Crippen LogP contribution < -0.4 is 19.5 Å². The highest BCUT2D eigenvalue weighted by atomic mass is 79.9. The van der Waals surface area contributed by atoms with Crippen molar-refractivity contribution in [2.75, 3.05) is 19.8 Å². The number of aromatic nitrogens is 1. The Kier molecular flexibility index (Phi) is 6.28. The largest absolute Gasteiger partial charge is 0.486 e. The van der Waals surface area contributed by atoms with Crippen LogP contribution in [0.1, 0.15) is 11.1 Å². The maximum Gasteiger partial charge on any atom is 0.422 e. The van der Waals surface area contributed by atoms with Crippen molar-refractivity contribution in [1.29, 1.82) is 0 Å². The number of pyridine rings is 1. The van der Waals surface area contributed by atoms with Gasteiger partial charge in [0.05, 0.1) is 6.42 Å². The summed E-state index contributed by atoms with van der Waals surface area (Å²) in [5.74, 6) is 0.681. The minimum atomic E-state index is -4.47. The molecular formula is C18H16BrF3N2O4. The molecule has 0 unspecified atom stereocenters. The standard InChI is InChI=1S/C18H16BrF3N2O4/c19-13-8-15-14(26-4-5-27-15)6-12(13)7-16(25)24-9-11-2-1-3-23-17(11)28-10-18(20,21)22/h1-3,6,8H,4-5,7,9-10H2,(H,24,25). The predicted octanol–water partition coefficient (Wildman–Crippen LogP) is 3.42. The number of hydrogen-bond donors (Lipinski definition) is 1. The van der Waals surface area contributed by atoms with Gasteiger partial charge in [-0.05, 0) is 23.8 Å². The zero-order valence-corrected chi connectivity index (χ0v) is 16.1. The SMILES string of the molecule is O=C(Cc1cc2c(cc1Br)OCCO2)NCc1cccnc1OCC(F)(F)F. The van der Waals surface area contributed by atoms with E-state index in [9.17, 15) is 18.0 Å². The zero-order chi connectivity index (χ0) is 20.1. The third-order valence-electron chi connectivity index (χ3n) is 3.76. The first-order valence-electron chi connectivity index (χ1n) is 8.30. The van der Waals surface area contributed by atoms with Crippen LogP contribution in [0.5, 0.6) is 17.4 Å². The minimum Gasteiger partial charge on any atom is -0.486 e. The molecule has 150 valence electrons. The molecule has 0 saturated carbocycles. The molecule has 0 aliphatic carbocycles. The Morgan fingerprint density at radius 3 is 2.64 bits per heavy atom. The van der Waals surface area contributed by atoms with E-state index in [1.54, 1.807) is 24.3 Å². The molecule has 0 radical (unpaired) electrons. The van der Waals surface area contributed by atoms with E-state index in [1.807, 2.05) is 0 Å². The highest BCUT2D eigenvalue weighted by molar-refractivity contribution is 9.10. The van der Waals surface area contributed by atoms with Gasteiger partial charge in [-0.15, -0.1) is 0 Å². The Labute approximate surface area is 167 Å². The van der Waals surface area contributed by atoms with Gasteiger partial charge in [-0.2, -0.15) is 13.2 Å². The number of nitrogens with one attached hydrogen (secondary N) is 1. The molecule has 2 heterocycles. The van der Waals surface area contributed by atoms with Crippen LogP contribution in [0.25, 0.3) is 0 Å². The Morgan fingerprint density at radius 2 is 1.93 bits per heavy atom. The quantitative estimate of drug-likeness (QED) is 0.715. The summed E-state index contributed by atoms with van der Waals surface area (Å²) in [5.41, 5.74) is 1.04. The fraction of sp³-hybridized carbons (Fsp3) is 0.333. The van der Waals surface area contributed by atoms with E-state index in [1.165, 1.54) is 6.20 Å². The van der Waals surface area contributed by atoms with E-state index in [0.717, 1.165) is 0 Å². The number of carbonyl (C=O) groups is 1. The summed E-state index contributed by atoms with van der Waals surface area (Å²) in [6.07, 6.45) is -3.10. The number of nitrogens with zero attached hydrogens (tertiary/aromatic N) is 1. The molecule has 0 fully saturated rings. The van der Waals surface area contributed by atoms with Crippen molar-refractivity contribution in [3.8, 4) is 17.4 Å². The highest BCUT2D eigenvalue weighted by Gasteiger charge is 2.29. The molecule has 6 nitrogen and oxygen atoms in total. The molecule has 1 N–H and O–H groups in total. The normalized spacial score (nSPS) is 13.1. The van der Waals surface area contributed by atoms with Crippen LogP contribution >= 0.6 is 15.9 Å². The number of rotatable bonds is 6. The van der Waals surface area contributed by atoms with E-state index >= 15 is 0 Å². The van der Waals surface area contributed by atoms with E-state index in [2.05, 4.69) is 26.2 Å². The van der Waals surface area contributed by atoms with Crippen LogP contribution in [0.15, 0.2) is 34.9 Å². The van der Waals surface area contributed by atoms with Crippen molar-refractivity contribution in [2.45, 2.75) is 19.1 Å². The van der Waals surface area contributed by atoms with Crippen LogP contribution in [-0.2, 0) is 17.8 Å². The monoisotopic (exact) mass is 460 g/mol. The summed E-state index contributed by atoms with van der Waals surface area (Å²) in [4.78, 5) is 16.1. The van der Waals surface area contributed by atoms with Gasteiger partial charge < -0.3 is 19.5 Å². The Hall–Kier alpha value is -2.49. The number of halogens is 4. The first kappa shape index (κ1) is 20.2. The minimum absolute atomic E-state index is 0.0119. The van der Waals surface area contributed by atoms with Crippen LogP contribution in [0.4, 0.5) is 13.2 Å². The molecule has 10 heteroatoms. The Morgan fingerprint density at radius 1 is 1.21 bits per heavy atom. The molecule has 1 aliphatic rings. The van der Waals surface area contributed by atoms with Crippen molar-refractivity contribution in [2.24, 2.45) is 0 Å². The summed E-state index contributed by atoms with van der Waals surface area (Å²) in [6, 6.07) is 6.56. The predicted molar refractivity (Wildman–Crippen MR) is 96.5 cm³/mol. The number of carbonyl (C=O) groups excluding carboxylic acids is 1. The molecule has 3 rings (SSSR count). The average Bonchev–Trinajstić information content (AvgIpc) is 2.65. The lowest BCUT2D eigenvalue weighted by Crippen LogP contribution is -2.26. The van der Waals surface area contributed by atoms with Crippen molar-refractivity contribution in [1.82, 2.24) is 10.3 Å². The molecule has 1 aromatic carbocycles. The molecule has 1 aromatic heterocycles. The third kappa shape index (κ3) is 5.51. The lowest BCUT2D eigenvalue weighted by Gasteiger charge is -2.20. The Bertz CT molecular complexity index is 861. The van der Waals surface area contributed by atoms with Gasteiger partial charge in [-0.25, -0.2) is 4.98 Å². The van der Waals surface area contributed by atoms with Crippen molar-refractivity contribution in [3.05, 3.63) is 46.1 Å². The fourth-order valence-corrected chi connectivity index (χ4v) is 2.97. The van der Waals surface area contributed by atoms with Crippen molar-refractivity contribution < 1.29 is 32.2 Å².